The minimum absolute atomic E-state index is 0.165. The zero-order chi connectivity index (χ0) is 21.6. The summed E-state index contributed by atoms with van der Waals surface area (Å²) in [6, 6.07) is 22.5. The predicted octanol–water partition coefficient (Wildman–Crippen LogP) is 5.75. The van der Waals surface area contributed by atoms with Gasteiger partial charge in [-0.15, -0.1) is 10.2 Å². The topological polar surface area (TPSA) is 69.0 Å². The number of ether oxygens (including phenoxy) is 1. The Morgan fingerprint density at radius 3 is 2.68 bits per heavy atom. The van der Waals surface area contributed by atoms with E-state index < -0.39 is 0 Å². The maximum Gasteiger partial charge on any atom is 0.234 e. The summed E-state index contributed by atoms with van der Waals surface area (Å²) < 4.78 is 7.70. The molecule has 0 unspecified atom stereocenters. The first kappa shape index (κ1) is 21.0. The van der Waals surface area contributed by atoms with E-state index in [2.05, 4.69) is 15.5 Å². The Labute approximate surface area is 189 Å². The number of thioether (sulfide) groups is 1. The number of carbonyl (C=O) groups is 1. The van der Waals surface area contributed by atoms with Crippen LogP contribution in [0, 0.1) is 6.92 Å². The third-order valence-corrected chi connectivity index (χ3v) is 5.76. The van der Waals surface area contributed by atoms with E-state index in [0.717, 1.165) is 11.3 Å². The Morgan fingerprint density at radius 2 is 1.87 bits per heavy atom. The number of hydrogen-bond donors (Lipinski definition) is 1. The SMILES string of the molecule is Cc1ccc(-n2cnnc2SCC(=O)Nc2ccccc2Oc2ccccc2)cc1Cl. The van der Waals surface area contributed by atoms with E-state index in [0.29, 0.717) is 27.4 Å². The van der Waals surface area contributed by atoms with Gasteiger partial charge < -0.3 is 10.1 Å². The lowest BCUT2D eigenvalue weighted by Gasteiger charge is -2.12. The Bertz CT molecular complexity index is 1200. The fourth-order valence-corrected chi connectivity index (χ4v) is 3.73. The number of nitrogens with one attached hydrogen (secondary N) is 1. The van der Waals surface area contributed by atoms with Crippen molar-refractivity contribution in [2.45, 2.75) is 12.1 Å². The van der Waals surface area contributed by atoms with E-state index in [1.54, 1.807) is 17.0 Å². The molecule has 156 valence electrons. The number of benzene rings is 3. The van der Waals surface area contributed by atoms with Crippen LogP contribution in [-0.4, -0.2) is 26.4 Å². The van der Waals surface area contributed by atoms with E-state index in [4.69, 9.17) is 16.3 Å². The molecule has 31 heavy (non-hydrogen) atoms. The van der Waals surface area contributed by atoms with Crippen LogP contribution in [0.2, 0.25) is 5.02 Å². The minimum atomic E-state index is -0.175. The second kappa shape index (κ2) is 9.68. The number of aryl methyl sites for hydroxylation is 1. The molecule has 1 N–H and O–H groups in total. The van der Waals surface area contributed by atoms with Gasteiger partial charge in [0, 0.05) is 5.02 Å². The fourth-order valence-electron chi connectivity index (χ4n) is 2.82. The first-order valence-corrected chi connectivity index (χ1v) is 10.9. The maximum absolute atomic E-state index is 12.6. The summed E-state index contributed by atoms with van der Waals surface area (Å²) in [6.07, 6.45) is 1.60. The lowest BCUT2D eigenvalue weighted by Crippen LogP contribution is -2.15. The molecule has 3 aromatic carbocycles. The number of amides is 1. The molecule has 1 aromatic heterocycles. The van der Waals surface area contributed by atoms with Crippen molar-refractivity contribution in [1.29, 1.82) is 0 Å². The Morgan fingerprint density at radius 1 is 1.10 bits per heavy atom. The molecule has 0 aliphatic rings. The van der Waals surface area contributed by atoms with Crippen molar-refractivity contribution in [1.82, 2.24) is 14.8 Å². The smallest absolute Gasteiger partial charge is 0.234 e. The molecule has 0 spiro atoms. The highest BCUT2D eigenvalue weighted by Crippen LogP contribution is 2.29. The third kappa shape index (κ3) is 5.25. The Hall–Kier alpha value is -3.29. The maximum atomic E-state index is 12.6. The van der Waals surface area contributed by atoms with Gasteiger partial charge in [-0.2, -0.15) is 0 Å². The highest BCUT2D eigenvalue weighted by molar-refractivity contribution is 7.99. The standard InChI is InChI=1S/C23H19ClN4O2S/c1-16-11-12-17(13-19(16)24)28-15-25-27-23(28)31-14-22(29)26-20-9-5-6-10-21(20)30-18-7-3-2-4-8-18/h2-13,15H,14H2,1H3,(H,26,29). The van der Waals surface area contributed by atoms with E-state index in [1.165, 1.54) is 11.8 Å². The zero-order valence-electron chi connectivity index (χ0n) is 16.7. The summed E-state index contributed by atoms with van der Waals surface area (Å²) in [6.45, 7) is 1.94. The van der Waals surface area contributed by atoms with Gasteiger partial charge in [0.05, 0.1) is 17.1 Å². The largest absolute Gasteiger partial charge is 0.455 e. The molecule has 0 aliphatic carbocycles. The molecule has 0 atom stereocenters. The van der Waals surface area contributed by atoms with Gasteiger partial charge in [0.25, 0.3) is 0 Å². The number of nitrogens with zero attached hydrogens (tertiary/aromatic N) is 3. The predicted molar refractivity (Wildman–Crippen MR) is 123 cm³/mol. The molecule has 0 aliphatic heterocycles. The van der Waals surface area contributed by atoms with E-state index >= 15 is 0 Å². The molecule has 1 amide bonds. The van der Waals surface area contributed by atoms with Crippen molar-refractivity contribution >= 4 is 35.0 Å². The molecule has 4 aromatic rings. The number of rotatable bonds is 7. The summed E-state index contributed by atoms with van der Waals surface area (Å²) in [5, 5.41) is 12.3. The van der Waals surface area contributed by atoms with Gasteiger partial charge in [0.1, 0.15) is 12.1 Å². The average Bonchev–Trinajstić information content (AvgIpc) is 3.25. The summed E-state index contributed by atoms with van der Waals surface area (Å²) in [7, 11) is 0. The molecule has 1 heterocycles. The molecule has 0 radical (unpaired) electrons. The Balaban J connectivity index is 1.42. The summed E-state index contributed by atoms with van der Waals surface area (Å²) in [5.41, 5.74) is 2.43. The summed E-state index contributed by atoms with van der Waals surface area (Å²) >= 11 is 7.53. The lowest BCUT2D eigenvalue weighted by atomic mass is 10.2. The lowest BCUT2D eigenvalue weighted by molar-refractivity contribution is -0.113. The van der Waals surface area contributed by atoms with Crippen LogP contribution in [0.1, 0.15) is 5.56 Å². The van der Waals surface area contributed by atoms with Gasteiger partial charge in [-0.25, -0.2) is 0 Å². The normalized spacial score (nSPS) is 10.6. The van der Waals surface area contributed by atoms with E-state index in [1.807, 2.05) is 73.7 Å². The quantitative estimate of drug-likeness (QED) is 0.363. The van der Waals surface area contributed by atoms with Gasteiger partial charge in [0.2, 0.25) is 5.91 Å². The fraction of sp³-hybridized carbons (Fsp3) is 0.0870. The number of para-hydroxylation sites is 3. The first-order chi connectivity index (χ1) is 15.1. The van der Waals surface area contributed by atoms with Crippen LogP contribution in [0.25, 0.3) is 5.69 Å². The number of aromatic nitrogens is 3. The van der Waals surface area contributed by atoms with Crippen LogP contribution in [0.3, 0.4) is 0 Å². The molecule has 0 saturated heterocycles. The number of carbonyl (C=O) groups excluding carboxylic acids is 1. The van der Waals surface area contributed by atoms with Gasteiger partial charge >= 0.3 is 0 Å². The monoisotopic (exact) mass is 450 g/mol. The van der Waals surface area contributed by atoms with Crippen LogP contribution in [0.5, 0.6) is 11.5 Å². The third-order valence-electron chi connectivity index (χ3n) is 4.41. The molecule has 6 nitrogen and oxygen atoms in total. The second-order valence-electron chi connectivity index (χ2n) is 6.67. The molecular formula is C23H19ClN4O2S. The molecule has 0 saturated carbocycles. The van der Waals surface area contributed by atoms with Crippen molar-refractivity contribution in [3.63, 3.8) is 0 Å². The summed E-state index contributed by atoms with van der Waals surface area (Å²) in [4.78, 5) is 12.6. The van der Waals surface area contributed by atoms with Crippen LogP contribution < -0.4 is 10.1 Å². The minimum Gasteiger partial charge on any atom is -0.455 e. The van der Waals surface area contributed by atoms with Crippen molar-refractivity contribution in [3.05, 3.63) is 89.7 Å². The van der Waals surface area contributed by atoms with Crippen molar-refractivity contribution < 1.29 is 9.53 Å². The van der Waals surface area contributed by atoms with Crippen LogP contribution >= 0.6 is 23.4 Å². The Kier molecular flexibility index (Phi) is 6.54. The molecule has 4 rings (SSSR count). The van der Waals surface area contributed by atoms with Crippen LogP contribution in [-0.2, 0) is 4.79 Å². The van der Waals surface area contributed by atoms with Gasteiger partial charge in [0.15, 0.2) is 10.9 Å². The van der Waals surface area contributed by atoms with Gasteiger partial charge in [-0.3, -0.25) is 9.36 Å². The highest BCUT2D eigenvalue weighted by atomic mass is 35.5. The molecule has 0 fully saturated rings. The molecular weight excluding hydrogens is 432 g/mol. The summed E-state index contributed by atoms with van der Waals surface area (Å²) in [5.74, 6) is 1.26. The molecule has 8 heteroatoms. The van der Waals surface area contributed by atoms with Crippen molar-refractivity contribution in [2.75, 3.05) is 11.1 Å². The van der Waals surface area contributed by atoms with E-state index in [-0.39, 0.29) is 11.7 Å². The van der Waals surface area contributed by atoms with Crippen molar-refractivity contribution in [3.8, 4) is 17.2 Å². The van der Waals surface area contributed by atoms with Gasteiger partial charge in [-0.05, 0) is 48.9 Å². The zero-order valence-corrected chi connectivity index (χ0v) is 18.2. The van der Waals surface area contributed by atoms with Crippen LogP contribution in [0.15, 0.2) is 84.3 Å². The number of halogens is 1. The highest BCUT2D eigenvalue weighted by Gasteiger charge is 2.13. The van der Waals surface area contributed by atoms with Crippen LogP contribution in [0.4, 0.5) is 5.69 Å². The second-order valence-corrected chi connectivity index (χ2v) is 8.01. The molecule has 0 bridgehead atoms. The first-order valence-electron chi connectivity index (χ1n) is 9.51. The number of hydrogen-bond acceptors (Lipinski definition) is 5. The van der Waals surface area contributed by atoms with Gasteiger partial charge in [-0.1, -0.05) is 59.8 Å². The van der Waals surface area contributed by atoms with E-state index in [9.17, 15) is 4.79 Å². The average molecular weight is 451 g/mol. The number of anilines is 1. The van der Waals surface area contributed by atoms with Crippen molar-refractivity contribution in [2.24, 2.45) is 0 Å².